The highest BCUT2D eigenvalue weighted by Crippen LogP contribution is 2.24. The fourth-order valence-corrected chi connectivity index (χ4v) is 2.26. The summed E-state index contributed by atoms with van der Waals surface area (Å²) in [5, 5.41) is 15.4. The van der Waals surface area contributed by atoms with Gasteiger partial charge in [-0.2, -0.15) is 5.10 Å². The van der Waals surface area contributed by atoms with Gasteiger partial charge in [-0.3, -0.25) is 4.68 Å². The Hall–Kier alpha value is -1.32. The molecule has 0 fully saturated rings. The first-order valence-corrected chi connectivity index (χ1v) is 6.85. The Morgan fingerprint density at radius 1 is 1.37 bits per heavy atom. The fraction of sp³-hybridized carbons (Fsp3) is 0.400. The molecule has 0 saturated heterocycles. The van der Waals surface area contributed by atoms with Crippen LogP contribution in [-0.4, -0.2) is 14.9 Å². The molecule has 1 aromatic heterocycles. The highest BCUT2D eigenvalue weighted by molar-refractivity contribution is 6.31. The summed E-state index contributed by atoms with van der Waals surface area (Å²) < 4.78 is 1.83. The molecule has 19 heavy (non-hydrogen) atoms. The van der Waals surface area contributed by atoms with Crippen LogP contribution in [0.4, 0.5) is 0 Å². The average molecular weight is 279 g/mol. The van der Waals surface area contributed by atoms with Gasteiger partial charge in [0.1, 0.15) is 0 Å². The summed E-state index contributed by atoms with van der Waals surface area (Å²) in [6, 6.07) is 7.72. The van der Waals surface area contributed by atoms with E-state index < -0.39 is 6.10 Å². The molecule has 0 aliphatic carbocycles. The van der Waals surface area contributed by atoms with Gasteiger partial charge in [0.15, 0.2) is 0 Å². The Bertz CT molecular complexity index is 578. The summed E-state index contributed by atoms with van der Waals surface area (Å²) in [7, 11) is 1.91. The van der Waals surface area contributed by atoms with Crippen molar-refractivity contribution in [2.24, 2.45) is 7.05 Å². The largest absolute Gasteiger partial charge is 0.388 e. The summed E-state index contributed by atoms with van der Waals surface area (Å²) in [6.45, 7) is 4.02. The Kier molecular flexibility index (Phi) is 4.27. The molecule has 0 radical (unpaired) electrons. The van der Waals surface area contributed by atoms with Crippen LogP contribution in [0.2, 0.25) is 5.02 Å². The molecule has 1 unspecified atom stereocenters. The zero-order chi connectivity index (χ0) is 14.0. The van der Waals surface area contributed by atoms with Crippen LogP contribution in [0.1, 0.15) is 35.5 Å². The normalized spacial score (nSPS) is 12.7. The van der Waals surface area contributed by atoms with E-state index in [4.69, 9.17) is 11.6 Å². The first-order valence-electron chi connectivity index (χ1n) is 6.47. The molecule has 0 aliphatic rings. The van der Waals surface area contributed by atoms with E-state index in [0.717, 1.165) is 28.9 Å². The van der Waals surface area contributed by atoms with Gasteiger partial charge in [-0.1, -0.05) is 30.7 Å². The summed E-state index contributed by atoms with van der Waals surface area (Å²) in [5.41, 5.74) is 3.94. The molecule has 3 nitrogen and oxygen atoms in total. The number of benzene rings is 1. The number of aliphatic hydroxyl groups is 1. The minimum absolute atomic E-state index is 0.545. The zero-order valence-corrected chi connectivity index (χ0v) is 12.3. The van der Waals surface area contributed by atoms with Crippen molar-refractivity contribution in [3.63, 3.8) is 0 Å². The standard InChI is InChI=1S/C15H19ClN2O/c1-4-12-8-13(18(3)17-12)9-15(19)11-6-5-10(2)14(16)7-11/h5-8,15,19H,4,9H2,1-3H3. The molecule has 1 aromatic carbocycles. The van der Waals surface area contributed by atoms with Crippen molar-refractivity contribution < 1.29 is 5.11 Å². The van der Waals surface area contributed by atoms with Crippen LogP contribution in [0.15, 0.2) is 24.3 Å². The van der Waals surface area contributed by atoms with Crippen LogP contribution in [0.5, 0.6) is 0 Å². The monoisotopic (exact) mass is 278 g/mol. The zero-order valence-electron chi connectivity index (χ0n) is 11.5. The van der Waals surface area contributed by atoms with Crippen molar-refractivity contribution in [3.05, 3.63) is 51.8 Å². The predicted molar refractivity (Wildman–Crippen MR) is 77.4 cm³/mol. The fourth-order valence-electron chi connectivity index (χ4n) is 2.07. The molecule has 2 rings (SSSR count). The molecule has 2 aromatic rings. The maximum Gasteiger partial charge on any atom is 0.0845 e. The van der Waals surface area contributed by atoms with Gasteiger partial charge in [0, 0.05) is 24.2 Å². The van der Waals surface area contributed by atoms with Gasteiger partial charge in [0.2, 0.25) is 0 Å². The number of aromatic nitrogens is 2. The van der Waals surface area contributed by atoms with Crippen molar-refractivity contribution in [1.29, 1.82) is 0 Å². The van der Waals surface area contributed by atoms with Crippen LogP contribution < -0.4 is 0 Å². The van der Waals surface area contributed by atoms with Crippen molar-refractivity contribution in [3.8, 4) is 0 Å². The van der Waals surface area contributed by atoms with Crippen LogP contribution in [-0.2, 0) is 19.9 Å². The van der Waals surface area contributed by atoms with Gasteiger partial charge < -0.3 is 5.11 Å². The van der Waals surface area contributed by atoms with E-state index in [1.807, 2.05) is 42.9 Å². The van der Waals surface area contributed by atoms with E-state index >= 15 is 0 Å². The van der Waals surface area contributed by atoms with E-state index in [1.165, 1.54) is 0 Å². The maximum atomic E-state index is 10.3. The van der Waals surface area contributed by atoms with Crippen molar-refractivity contribution in [1.82, 2.24) is 9.78 Å². The molecule has 0 saturated carbocycles. The van der Waals surface area contributed by atoms with Crippen molar-refractivity contribution in [2.45, 2.75) is 32.8 Å². The van der Waals surface area contributed by atoms with Crippen LogP contribution in [0.25, 0.3) is 0 Å². The Balaban J connectivity index is 2.17. The number of halogens is 1. The molecule has 0 bridgehead atoms. The predicted octanol–water partition coefficient (Wildman–Crippen LogP) is 3.22. The van der Waals surface area contributed by atoms with E-state index in [0.29, 0.717) is 11.4 Å². The Morgan fingerprint density at radius 2 is 2.11 bits per heavy atom. The lowest BCUT2D eigenvalue weighted by atomic mass is 10.0. The SMILES string of the molecule is CCc1cc(CC(O)c2ccc(C)c(Cl)c2)n(C)n1. The average Bonchev–Trinajstić information content (AvgIpc) is 2.73. The molecule has 4 heteroatoms. The van der Waals surface area contributed by atoms with Crippen molar-refractivity contribution in [2.75, 3.05) is 0 Å². The maximum absolute atomic E-state index is 10.3. The van der Waals surface area contributed by atoms with Gasteiger partial charge in [-0.05, 0) is 36.6 Å². The second-order valence-corrected chi connectivity index (χ2v) is 5.24. The third-order valence-electron chi connectivity index (χ3n) is 3.37. The third-order valence-corrected chi connectivity index (χ3v) is 3.78. The Labute approximate surface area is 118 Å². The second-order valence-electron chi connectivity index (χ2n) is 4.83. The molecule has 102 valence electrons. The topological polar surface area (TPSA) is 38.0 Å². The molecular formula is C15H19ClN2O. The minimum Gasteiger partial charge on any atom is -0.388 e. The number of aryl methyl sites for hydroxylation is 3. The van der Waals surface area contributed by atoms with Crippen LogP contribution >= 0.6 is 11.6 Å². The lowest BCUT2D eigenvalue weighted by Crippen LogP contribution is -2.06. The second kappa shape index (κ2) is 5.76. The lowest BCUT2D eigenvalue weighted by Gasteiger charge is -2.12. The van der Waals surface area contributed by atoms with E-state index in [1.54, 1.807) is 0 Å². The quantitative estimate of drug-likeness (QED) is 0.932. The summed E-state index contributed by atoms with van der Waals surface area (Å²) in [4.78, 5) is 0. The number of hydrogen-bond donors (Lipinski definition) is 1. The number of nitrogens with zero attached hydrogens (tertiary/aromatic N) is 2. The highest BCUT2D eigenvalue weighted by Gasteiger charge is 2.13. The molecule has 0 amide bonds. The van der Waals surface area contributed by atoms with Crippen LogP contribution in [0, 0.1) is 6.92 Å². The van der Waals surface area contributed by atoms with E-state index in [9.17, 15) is 5.11 Å². The number of hydrogen-bond acceptors (Lipinski definition) is 2. The molecule has 0 aliphatic heterocycles. The first-order chi connectivity index (χ1) is 9.01. The number of rotatable bonds is 4. The minimum atomic E-state index is -0.557. The smallest absolute Gasteiger partial charge is 0.0845 e. The molecular weight excluding hydrogens is 260 g/mol. The van der Waals surface area contributed by atoms with Gasteiger partial charge in [0.05, 0.1) is 11.8 Å². The molecule has 0 spiro atoms. The van der Waals surface area contributed by atoms with Gasteiger partial charge in [-0.25, -0.2) is 0 Å². The number of aliphatic hydroxyl groups excluding tert-OH is 1. The summed E-state index contributed by atoms with van der Waals surface area (Å²) in [6.07, 6.45) is 0.890. The third kappa shape index (κ3) is 3.17. The molecule has 1 heterocycles. The molecule has 1 N–H and O–H groups in total. The van der Waals surface area contributed by atoms with E-state index in [2.05, 4.69) is 12.0 Å². The Morgan fingerprint density at radius 3 is 2.68 bits per heavy atom. The lowest BCUT2D eigenvalue weighted by molar-refractivity contribution is 0.176. The van der Waals surface area contributed by atoms with Crippen molar-refractivity contribution >= 4 is 11.6 Å². The molecule has 1 atom stereocenters. The van der Waals surface area contributed by atoms with Crippen LogP contribution in [0.3, 0.4) is 0 Å². The first kappa shape index (κ1) is 14.1. The summed E-state index contributed by atoms with van der Waals surface area (Å²) in [5.74, 6) is 0. The highest BCUT2D eigenvalue weighted by atomic mass is 35.5. The van der Waals surface area contributed by atoms with Gasteiger partial charge in [0.25, 0.3) is 0 Å². The summed E-state index contributed by atoms with van der Waals surface area (Å²) >= 11 is 6.09. The van der Waals surface area contributed by atoms with Gasteiger partial charge >= 0.3 is 0 Å². The van der Waals surface area contributed by atoms with Gasteiger partial charge in [-0.15, -0.1) is 0 Å². The van der Waals surface area contributed by atoms with E-state index in [-0.39, 0.29) is 0 Å².